The number of nitrogens with zero attached hydrogens (tertiary/aromatic N) is 3. The van der Waals surface area contributed by atoms with Crippen LogP contribution in [-0.4, -0.2) is 39.7 Å². The minimum absolute atomic E-state index is 0.316. The Bertz CT molecular complexity index is 484. The molecule has 1 N–H and O–H groups in total. The Labute approximate surface area is 111 Å². The quantitative estimate of drug-likeness (QED) is 0.896. The average Bonchev–Trinajstić information content (AvgIpc) is 2.77. The van der Waals surface area contributed by atoms with Gasteiger partial charge in [-0.2, -0.15) is 0 Å². The summed E-state index contributed by atoms with van der Waals surface area (Å²) < 4.78 is 0. The van der Waals surface area contributed by atoms with Crippen LogP contribution in [0.5, 0.6) is 0 Å². The molecule has 0 bridgehead atoms. The van der Waals surface area contributed by atoms with Crippen LogP contribution in [-0.2, 0) is 6.54 Å². The Kier molecular flexibility index (Phi) is 4.41. The summed E-state index contributed by atoms with van der Waals surface area (Å²) in [5, 5.41) is 12.3. The summed E-state index contributed by atoms with van der Waals surface area (Å²) in [5.74, 6) is 0. The first-order chi connectivity index (χ1) is 8.65. The van der Waals surface area contributed by atoms with Crippen LogP contribution in [0.3, 0.4) is 0 Å². The first-order valence-corrected chi connectivity index (χ1v) is 6.75. The molecule has 2 aromatic rings. The largest absolute Gasteiger partial charge is 0.392 e. The standard InChI is InChI=1S/C13H17N3OS/c1-10(17)7-16(2)8-11-9-18-13(15-11)12-5-3-4-6-14-12/h3-6,9-10,17H,7-8H2,1-2H3. The van der Waals surface area contributed by atoms with E-state index >= 15 is 0 Å². The molecule has 0 aliphatic rings. The maximum absolute atomic E-state index is 9.31. The zero-order chi connectivity index (χ0) is 13.0. The minimum Gasteiger partial charge on any atom is -0.392 e. The molecule has 0 aliphatic carbocycles. The molecule has 1 atom stereocenters. The Morgan fingerprint density at radius 3 is 2.94 bits per heavy atom. The second-order valence-corrected chi connectivity index (χ2v) is 5.26. The molecule has 0 radical (unpaired) electrons. The van der Waals surface area contributed by atoms with E-state index in [2.05, 4.69) is 14.9 Å². The monoisotopic (exact) mass is 263 g/mol. The third kappa shape index (κ3) is 3.60. The number of hydrogen-bond acceptors (Lipinski definition) is 5. The number of pyridine rings is 1. The highest BCUT2D eigenvalue weighted by molar-refractivity contribution is 7.13. The van der Waals surface area contributed by atoms with Gasteiger partial charge in [-0.3, -0.25) is 9.88 Å². The van der Waals surface area contributed by atoms with E-state index in [4.69, 9.17) is 0 Å². The fraction of sp³-hybridized carbons (Fsp3) is 0.385. The third-order valence-corrected chi connectivity index (χ3v) is 3.36. The van der Waals surface area contributed by atoms with Gasteiger partial charge in [0.2, 0.25) is 0 Å². The van der Waals surface area contributed by atoms with E-state index in [0.29, 0.717) is 6.54 Å². The van der Waals surface area contributed by atoms with Gasteiger partial charge in [0, 0.05) is 24.7 Å². The second-order valence-electron chi connectivity index (χ2n) is 4.40. The van der Waals surface area contributed by atoms with E-state index in [9.17, 15) is 5.11 Å². The van der Waals surface area contributed by atoms with Crippen LogP contribution >= 0.6 is 11.3 Å². The number of aliphatic hydroxyl groups excluding tert-OH is 1. The molecule has 2 rings (SSSR count). The lowest BCUT2D eigenvalue weighted by Crippen LogP contribution is -2.26. The van der Waals surface area contributed by atoms with Crippen molar-refractivity contribution in [3.8, 4) is 10.7 Å². The van der Waals surface area contributed by atoms with Crippen molar-refractivity contribution in [2.45, 2.75) is 19.6 Å². The molecule has 0 aliphatic heterocycles. The number of rotatable bonds is 5. The van der Waals surface area contributed by atoms with Crippen LogP contribution in [0, 0.1) is 0 Å². The molecule has 18 heavy (non-hydrogen) atoms. The van der Waals surface area contributed by atoms with Gasteiger partial charge < -0.3 is 5.11 Å². The lowest BCUT2D eigenvalue weighted by Gasteiger charge is -2.16. The Balaban J connectivity index is 2.03. The van der Waals surface area contributed by atoms with E-state index in [1.54, 1.807) is 24.5 Å². The molecular weight excluding hydrogens is 246 g/mol. The predicted molar refractivity (Wildman–Crippen MR) is 73.4 cm³/mol. The zero-order valence-corrected chi connectivity index (χ0v) is 11.4. The normalized spacial score (nSPS) is 12.9. The first kappa shape index (κ1) is 13.1. The van der Waals surface area contributed by atoms with Crippen LogP contribution in [0.25, 0.3) is 10.7 Å². The highest BCUT2D eigenvalue weighted by Crippen LogP contribution is 2.21. The van der Waals surface area contributed by atoms with Gasteiger partial charge in [0.1, 0.15) is 5.01 Å². The fourth-order valence-corrected chi connectivity index (χ4v) is 2.57. The molecule has 0 amide bonds. The van der Waals surface area contributed by atoms with Gasteiger partial charge in [-0.1, -0.05) is 6.07 Å². The Morgan fingerprint density at radius 1 is 1.44 bits per heavy atom. The number of likely N-dealkylation sites (N-methyl/N-ethyl adjacent to an activating group) is 1. The van der Waals surface area contributed by atoms with Crippen LogP contribution in [0.1, 0.15) is 12.6 Å². The van der Waals surface area contributed by atoms with Gasteiger partial charge in [-0.05, 0) is 26.1 Å². The number of hydrogen-bond donors (Lipinski definition) is 1. The van der Waals surface area contributed by atoms with Crippen molar-refractivity contribution in [1.29, 1.82) is 0 Å². The van der Waals surface area contributed by atoms with E-state index in [1.165, 1.54) is 0 Å². The van der Waals surface area contributed by atoms with E-state index in [0.717, 1.165) is 22.9 Å². The topological polar surface area (TPSA) is 49.2 Å². The van der Waals surface area contributed by atoms with E-state index < -0.39 is 0 Å². The van der Waals surface area contributed by atoms with Crippen molar-refractivity contribution in [3.63, 3.8) is 0 Å². The number of aromatic nitrogens is 2. The molecule has 2 aromatic heterocycles. The van der Waals surface area contributed by atoms with E-state index in [1.807, 2.05) is 30.6 Å². The highest BCUT2D eigenvalue weighted by atomic mass is 32.1. The van der Waals surface area contributed by atoms with Crippen LogP contribution in [0.2, 0.25) is 0 Å². The van der Waals surface area contributed by atoms with Crippen LogP contribution in [0.4, 0.5) is 0 Å². The van der Waals surface area contributed by atoms with E-state index in [-0.39, 0.29) is 6.10 Å². The summed E-state index contributed by atoms with van der Waals surface area (Å²) >= 11 is 1.60. The van der Waals surface area contributed by atoms with Gasteiger partial charge >= 0.3 is 0 Å². The molecule has 0 saturated heterocycles. The van der Waals surface area contributed by atoms with Gasteiger partial charge in [-0.15, -0.1) is 11.3 Å². The highest BCUT2D eigenvalue weighted by Gasteiger charge is 2.08. The van der Waals surface area contributed by atoms with Crippen molar-refractivity contribution in [1.82, 2.24) is 14.9 Å². The molecule has 4 nitrogen and oxygen atoms in total. The summed E-state index contributed by atoms with van der Waals surface area (Å²) in [6.45, 7) is 3.18. The first-order valence-electron chi connectivity index (χ1n) is 5.87. The molecule has 0 spiro atoms. The van der Waals surface area contributed by atoms with Crippen molar-refractivity contribution in [2.75, 3.05) is 13.6 Å². The Hall–Kier alpha value is -1.30. The summed E-state index contributed by atoms with van der Waals surface area (Å²) in [6.07, 6.45) is 1.46. The summed E-state index contributed by atoms with van der Waals surface area (Å²) in [6, 6.07) is 5.82. The smallest absolute Gasteiger partial charge is 0.142 e. The van der Waals surface area contributed by atoms with Crippen molar-refractivity contribution < 1.29 is 5.11 Å². The molecule has 96 valence electrons. The Morgan fingerprint density at radius 2 is 2.28 bits per heavy atom. The van der Waals surface area contributed by atoms with Gasteiger partial charge in [0.25, 0.3) is 0 Å². The maximum atomic E-state index is 9.31. The average molecular weight is 263 g/mol. The third-order valence-electron chi connectivity index (χ3n) is 2.44. The minimum atomic E-state index is -0.316. The SMILES string of the molecule is CC(O)CN(C)Cc1csc(-c2ccccn2)n1. The summed E-state index contributed by atoms with van der Waals surface area (Å²) in [7, 11) is 1.98. The summed E-state index contributed by atoms with van der Waals surface area (Å²) in [4.78, 5) is 10.9. The van der Waals surface area contributed by atoms with Crippen LogP contribution < -0.4 is 0 Å². The van der Waals surface area contributed by atoms with Gasteiger partial charge in [-0.25, -0.2) is 4.98 Å². The second kappa shape index (κ2) is 6.04. The molecular formula is C13H17N3OS. The molecule has 2 heterocycles. The predicted octanol–water partition coefficient (Wildman–Crippen LogP) is 2.02. The molecule has 0 fully saturated rings. The maximum Gasteiger partial charge on any atom is 0.142 e. The molecule has 1 unspecified atom stereocenters. The van der Waals surface area contributed by atoms with Crippen molar-refractivity contribution in [2.24, 2.45) is 0 Å². The molecule has 5 heteroatoms. The lowest BCUT2D eigenvalue weighted by molar-refractivity contribution is 0.138. The number of thiazole rings is 1. The fourth-order valence-electron chi connectivity index (χ4n) is 1.78. The lowest BCUT2D eigenvalue weighted by atomic mass is 10.3. The van der Waals surface area contributed by atoms with Gasteiger partial charge in [0.15, 0.2) is 0 Å². The molecule has 0 saturated carbocycles. The molecule has 0 aromatic carbocycles. The van der Waals surface area contributed by atoms with Crippen LogP contribution in [0.15, 0.2) is 29.8 Å². The number of aliphatic hydroxyl groups is 1. The van der Waals surface area contributed by atoms with Crippen molar-refractivity contribution >= 4 is 11.3 Å². The summed E-state index contributed by atoms with van der Waals surface area (Å²) in [5.41, 5.74) is 1.93. The zero-order valence-electron chi connectivity index (χ0n) is 10.6. The van der Waals surface area contributed by atoms with Crippen molar-refractivity contribution in [3.05, 3.63) is 35.5 Å². The van der Waals surface area contributed by atoms with Gasteiger partial charge in [0.05, 0.1) is 17.5 Å².